The maximum atomic E-state index is 12.2. The summed E-state index contributed by atoms with van der Waals surface area (Å²) in [5.74, 6) is 0.548. The second kappa shape index (κ2) is 5.12. The lowest BCUT2D eigenvalue weighted by Crippen LogP contribution is -2.50. The van der Waals surface area contributed by atoms with Gasteiger partial charge < -0.3 is 9.80 Å². The fourth-order valence-electron chi connectivity index (χ4n) is 1.96. The van der Waals surface area contributed by atoms with E-state index in [2.05, 4.69) is 9.97 Å². The fraction of sp³-hybridized carbons (Fsp3) is 0.500. The van der Waals surface area contributed by atoms with E-state index in [9.17, 15) is 9.59 Å². The van der Waals surface area contributed by atoms with Crippen molar-refractivity contribution in [2.24, 2.45) is 0 Å². The molecule has 2 rings (SSSR count). The number of piperazine rings is 1. The molecule has 1 aliphatic rings. The van der Waals surface area contributed by atoms with Crippen LogP contribution in [0, 0.1) is 6.92 Å². The first kappa shape index (κ1) is 12.5. The Morgan fingerprint density at radius 3 is 2.33 bits per heavy atom. The highest BCUT2D eigenvalue weighted by Crippen LogP contribution is 2.07. The number of carbonyl (C=O) groups is 2. The van der Waals surface area contributed by atoms with E-state index < -0.39 is 0 Å². The first-order valence-electron chi connectivity index (χ1n) is 5.92. The molecule has 0 N–H and O–H groups in total. The molecule has 0 aliphatic carbocycles. The molecule has 1 aromatic rings. The molecule has 2 heterocycles. The molecule has 6 heteroatoms. The Hall–Kier alpha value is -1.98. The van der Waals surface area contributed by atoms with Gasteiger partial charge in [-0.15, -0.1) is 0 Å². The second-order valence-corrected chi connectivity index (χ2v) is 4.29. The van der Waals surface area contributed by atoms with Gasteiger partial charge in [-0.25, -0.2) is 9.97 Å². The van der Waals surface area contributed by atoms with Crippen molar-refractivity contribution in [1.29, 1.82) is 0 Å². The average Bonchev–Trinajstić information content (AvgIpc) is 2.38. The average molecular weight is 248 g/mol. The van der Waals surface area contributed by atoms with Crippen LogP contribution >= 0.6 is 0 Å². The summed E-state index contributed by atoms with van der Waals surface area (Å²) in [7, 11) is 0. The normalized spacial score (nSPS) is 15.7. The van der Waals surface area contributed by atoms with E-state index in [1.165, 1.54) is 0 Å². The minimum absolute atomic E-state index is 0.0555. The van der Waals surface area contributed by atoms with Gasteiger partial charge in [-0.05, 0) is 13.0 Å². The third kappa shape index (κ3) is 2.64. The lowest BCUT2D eigenvalue weighted by atomic mass is 10.2. The summed E-state index contributed by atoms with van der Waals surface area (Å²) in [5, 5.41) is 0. The van der Waals surface area contributed by atoms with Crippen LogP contribution in [0.4, 0.5) is 0 Å². The Kier molecular flexibility index (Phi) is 3.55. The quantitative estimate of drug-likeness (QED) is 0.706. The first-order valence-corrected chi connectivity index (χ1v) is 5.92. The monoisotopic (exact) mass is 248 g/mol. The minimum atomic E-state index is -0.0938. The Labute approximate surface area is 106 Å². The molecule has 1 aromatic heterocycles. The van der Waals surface area contributed by atoms with Gasteiger partial charge in [0.2, 0.25) is 5.91 Å². The van der Waals surface area contributed by atoms with E-state index in [1.807, 2.05) is 0 Å². The molecule has 0 bridgehead atoms. The molecule has 1 fully saturated rings. The SMILES string of the molecule is CC(=O)N1CCN(C(=O)c2ccnc(C)n2)CC1. The molecule has 6 nitrogen and oxygen atoms in total. The molecule has 1 saturated heterocycles. The van der Waals surface area contributed by atoms with E-state index in [-0.39, 0.29) is 11.8 Å². The van der Waals surface area contributed by atoms with Crippen LogP contribution in [-0.2, 0) is 4.79 Å². The topological polar surface area (TPSA) is 66.4 Å². The van der Waals surface area contributed by atoms with Crippen molar-refractivity contribution in [2.75, 3.05) is 26.2 Å². The van der Waals surface area contributed by atoms with Gasteiger partial charge in [0.1, 0.15) is 11.5 Å². The standard InChI is InChI=1S/C12H16N4O2/c1-9-13-4-3-11(14-9)12(18)16-7-5-15(6-8-16)10(2)17/h3-4H,5-8H2,1-2H3. The van der Waals surface area contributed by atoms with Gasteiger partial charge in [0.25, 0.3) is 5.91 Å². The van der Waals surface area contributed by atoms with Crippen LogP contribution in [0.25, 0.3) is 0 Å². The van der Waals surface area contributed by atoms with Gasteiger partial charge in [-0.1, -0.05) is 0 Å². The van der Waals surface area contributed by atoms with Crippen molar-refractivity contribution in [3.8, 4) is 0 Å². The molecule has 1 aliphatic heterocycles. The number of amides is 2. The lowest BCUT2D eigenvalue weighted by molar-refractivity contribution is -0.130. The third-order valence-corrected chi connectivity index (χ3v) is 3.01. The number of carbonyl (C=O) groups excluding carboxylic acids is 2. The zero-order chi connectivity index (χ0) is 13.1. The van der Waals surface area contributed by atoms with Crippen LogP contribution < -0.4 is 0 Å². The Balaban J connectivity index is 2.02. The molecule has 0 spiro atoms. The summed E-state index contributed by atoms with van der Waals surface area (Å²) in [6.07, 6.45) is 1.58. The smallest absolute Gasteiger partial charge is 0.272 e. The van der Waals surface area contributed by atoms with Crippen molar-refractivity contribution in [3.05, 3.63) is 23.8 Å². The highest BCUT2D eigenvalue weighted by Gasteiger charge is 2.23. The third-order valence-electron chi connectivity index (χ3n) is 3.01. The van der Waals surface area contributed by atoms with Crippen molar-refractivity contribution < 1.29 is 9.59 Å². The van der Waals surface area contributed by atoms with Gasteiger partial charge in [0.05, 0.1) is 0 Å². The van der Waals surface area contributed by atoms with E-state index in [0.717, 1.165) is 0 Å². The summed E-state index contributed by atoms with van der Waals surface area (Å²) in [6, 6.07) is 1.62. The second-order valence-electron chi connectivity index (χ2n) is 4.29. The Bertz CT molecular complexity index is 467. The number of aromatic nitrogens is 2. The van der Waals surface area contributed by atoms with Crippen LogP contribution in [0.15, 0.2) is 12.3 Å². The van der Waals surface area contributed by atoms with Crippen LogP contribution in [0.5, 0.6) is 0 Å². The van der Waals surface area contributed by atoms with Crippen LogP contribution in [0.2, 0.25) is 0 Å². The molecular formula is C12H16N4O2. The van der Waals surface area contributed by atoms with Crippen molar-refractivity contribution in [2.45, 2.75) is 13.8 Å². The van der Waals surface area contributed by atoms with Crippen LogP contribution in [0.1, 0.15) is 23.2 Å². The Morgan fingerprint density at radius 2 is 1.78 bits per heavy atom. The number of nitrogens with zero attached hydrogens (tertiary/aromatic N) is 4. The zero-order valence-corrected chi connectivity index (χ0v) is 10.6. The van der Waals surface area contributed by atoms with Gasteiger partial charge in [0.15, 0.2) is 0 Å². The highest BCUT2D eigenvalue weighted by atomic mass is 16.2. The molecule has 0 aromatic carbocycles. The number of rotatable bonds is 1. The number of aryl methyl sites for hydroxylation is 1. The predicted octanol–water partition coefficient (Wildman–Crippen LogP) is 0.0893. The summed E-state index contributed by atoms with van der Waals surface area (Å²) in [5.41, 5.74) is 0.416. The van der Waals surface area contributed by atoms with E-state index >= 15 is 0 Å². The molecule has 2 amide bonds. The maximum Gasteiger partial charge on any atom is 0.272 e. The maximum absolute atomic E-state index is 12.2. The molecule has 0 saturated carbocycles. The van der Waals surface area contributed by atoms with E-state index in [4.69, 9.17) is 0 Å². The summed E-state index contributed by atoms with van der Waals surface area (Å²) >= 11 is 0. The first-order chi connectivity index (χ1) is 8.58. The van der Waals surface area contributed by atoms with Crippen molar-refractivity contribution in [3.63, 3.8) is 0 Å². The molecule has 96 valence electrons. The van der Waals surface area contributed by atoms with Crippen molar-refractivity contribution in [1.82, 2.24) is 19.8 Å². The van der Waals surface area contributed by atoms with Gasteiger partial charge >= 0.3 is 0 Å². The zero-order valence-electron chi connectivity index (χ0n) is 10.6. The fourth-order valence-corrected chi connectivity index (χ4v) is 1.96. The molecule has 0 atom stereocenters. The van der Waals surface area contributed by atoms with Gasteiger partial charge in [-0.2, -0.15) is 0 Å². The van der Waals surface area contributed by atoms with Crippen LogP contribution in [-0.4, -0.2) is 57.8 Å². The van der Waals surface area contributed by atoms with Gasteiger partial charge in [-0.3, -0.25) is 9.59 Å². The number of hydrogen-bond donors (Lipinski definition) is 0. The van der Waals surface area contributed by atoms with Gasteiger partial charge in [0, 0.05) is 39.3 Å². The van der Waals surface area contributed by atoms with E-state index in [1.54, 1.807) is 35.9 Å². The molecule has 18 heavy (non-hydrogen) atoms. The van der Waals surface area contributed by atoms with Crippen molar-refractivity contribution >= 4 is 11.8 Å². The highest BCUT2D eigenvalue weighted by molar-refractivity contribution is 5.92. The summed E-state index contributed by atoms with van der Waals surface area (Å²) in [6.45, 7) is 5.59. The summed E-state index contributed by atoms with van der Waals surface area (Å²) < 4.78 is 0. The van der Waals surface area contributed by atoms with E-state index in [0.29, 0.717) is 37.7 Å². The molecule has 0 unspecified atom stereocenters. The molecular weight excluding hydrogens is 232 g/mol. The Morgan fingerprint density at radius 1 is 1.17 bits per heavy atom. The summed E-state index contributed by atoms with van der Waals surface area (Å²) in [4.78, 5) is 34.9. The lowest BCUT2D eigenvalue weighted by Gasteiger charge is -2.34. The largest absolute Gasteiger partial charge is 0.339 e. The predicted molar refractivity (Wildman–Crippen MR) is 64.9 cm³/mol. The van der Waals surface area contributed by atoms with Crippen LogP contribution in [0.3, 0.4) is 0 Å². The minimum Gasteiger partial charge on any atom is -0.339 e. The molecule has 0 radical (unpaired) electrons. The number of hydrogen-bond acceptors (Lipinski definition) is 4.